The monoisotopic (exact) mass is 344 g/mol. The van der Waals surface area contributed by atoms with Crippen LogP contribution < -0.4 is 4.72 Å². The minimum absolute atomic E-state index is 0.0708. The summed E-state index contributed by atoms with van der Waals surface area (Å²) in [4.78, 5) is 14.8. The van der Waals surface area contributed by atoms with E-state index in [0.29, 0.717) is 17.8 Å². The molecule has 0 unspecified atom stereocenters. The number of benzene rings is 2. The summed E-state index contributed by atoms with van der Waals surface area (Å²) in [6, 6.07) is 16.7. The Bertz CT molecular complexity index is 834. The van der Waals surface area contributed by atoms with Gasteiger partial charge in [-0.05, 0) is 36.6 Å². The van der Waals surface area contributed by atoms with Gasteiger partial charge in [0.2, 0.25) is 10.0 Å². The number of amides is 1. The van der Waals surface area contributed by atoms with Crippen molar-refractivity contribution in [2.45, 2.75) is 18.9 Å². The zero-order valence-electron chi connectivity index (χ0n) is 13.5. The van der Waals surface area contributed by atoms with Crippen LogP contribution in [0.25, 0.3) is 0 Å². The highest BCUT2D eigenvalue weighted by molar-refractivity contribution is 7.92. The van der Waals surface area contributed by atoms with Gasteiger partial charge in [-0.15, -0.1) is 0 Å². The average molecular weight is 344 g/mol. The number of likely N-dealkylation sites (tertiary alicyclic amines) is 1. The molecule has 0 aliphatic carbocycles. The van der Waals surface area contributed by atoms with E-state index in [0.717, 1.165) is 24.7 Å². The molecule has 3 rings (SSSR count). The van der Waals surface area contributed by atoms with Crippen molar-refractivity contribution < 1.29 is 13.2 Å². The summed E-state index contributed by atoms with van der Waals surface area (Å²) < 4.78 is 25.1. The Hall–Kier alpha value is -2.34. The van der Waals surface area contributed by atoms with Gasteiger partial charge in [-0.1, -0.05) is 36.4 Å². The van der Waals surface area contributed by atoms with Crippen LogP contribution in [0.2, 0.25) is 0 Å². The SMILES string of the molecule is CS(=O)(=O)Nc1cccc(C(=O)N2CCC[C@H]2c2ccccc2)c1. The van der Waals surface area contributed by atoms with Gasteiger partial charge in [-0.2, -0.15) is 0 Å². The maximum absolute atomic E-state index is 12.9. The van der Waals surface area contributed by atoms with Crippen molar-refractivity contribution in [3.05, 3.63) is 65.7 Å². The van der Waals surface area contributed by atoms with Crippen molar-refractivity contribution in [1.82, 2.24) is 4.90 Å². The molecule has 1 fully saturated rings. The van der Waals surface area contributed by atoms with E-state index in [1.54, 1.807) is 24.3 Å². The van der Waals surface area contributed by atoms with Gasteiger partial charge < -0.3 is 4.90 Å². The second-order valence-electron chi connectivity index (χ2n) is 6.02. The number of carbonyl (C=O) groups is 1. The maximum atomic E-state index is 12.9. The van der Waals surface area contributed by atoms with Crippen LogP contribution in [0.3, 0.4) is 0 Å². The number of nitrogens with zero attached hydrogens (tertiary/aromatic N) is 1. The summed E-state index contributed by atoms with van der Waals surface area (Å²) >= 11 is 0. The van der Waals surface area contributed by atoms with Crippen molar-refractivity contribution >= 4 is 21.6 Å². The Morgan fingerprint density at radius 3 is 2.58 bits per heavy atom. The molecule has 0 radical (unpaired) electrons. The van der Waals surface area contributed by atoms with Crippen molar-refractivity contribution in [3.63, 3.8) is 0 Å². The number of hydrogen-bond acceptors (Lipinski definition) is 3. The molecule has 1 N–H and O–H groups in total. The molecule has 24 heavy (non-hydrogen) atoms. The van der Waals surface area contributed by atoms with E-state index in [-0.39, 0.29) is 11.9 Å². The molecule has 126 valence electrons. The normalized spacial score (nSPS) is 17.7. The first-order chi connectivity index (χ1) is 11.4. The number of anilines is 1. The third-order valence-corrected chi connectivity index (χ3v) is 4.72. The van der Waals surface area contributed by atoms with Crippen molar-refractivity contribution in [3.8, 4) is 0 Å². The number of rotatable bonds is 4. The summed E-state index contributed by atoms with van der Waals surface area (Å²) in [5.74, 6) is -0.0708. The first-order valence-corrected chi connectivity index (χ1v) is 9.77. The number of sulfonamides is 1. The first kappa shape index (κ1) is 16.5. The largest absolute Gasteiger partial charge is 0.332 e. The molecule has 1 saturated heterocycles. The van der Waals surface area contributed by atoms with Gasteiger partial charge in [0.05, 0.1) is 12.3 Å². The molecule has 6 heteroatoms. The fraction of sp³-hybridized carbons (Fsp3) is 0.278. The van der Waals surface area contributed by atoms with Crippen LogP contribution >= 0.6 is 0 Å². The lowest BCUT2D eigenvalue weighted by Gasteiger charge is -2.25. The van der Waals surface area contributed by atoms with Gasteiger partial charge in [0.25, 0.3) is 5.91 Å². The highest BCUT2D eigenvalue weighted by Crippen LogP contribution is 2.33. The molecule has 5 nitrogen and oxygen atoms in total. The molecule has 0 saturated carbocycles. The van der Waals surface area contributed by atoms with E-state index in [4.69, 9.17) is 0 Å². The predicted molar refractivity (Wildman–Crippen MR) is 94.4 cm³/mol. The summed E-state index contributed by atoms with van der Waals surface area (Å²) in [5.41, 5.74) is 2.03. The van der Waals surface area contributed by atoms with E-state index in [2.05, 4.69) is 4.72 Å². The molecule has 0 bridgehead atoms. The summed E-state index contributed by atoms with van der Waals surface area (Å²) in [7, 11) is -3.37. The van der Waals surface area contributed by atoms with E-state index in [1.807, 2.05) is 35.2 Å². The fourth-order valence-electron chi connectivity index (χ4n) is 3.13. The van der Waals surface area contributed by atoms with Gasteiger partial charge in [0.15, 0.2) is 0 Å². The van der Waals surface area contributed by atoms with Crippen LogP contribution in [-0.2, 0) is 10.0 Å². The molecule has 0 spiro atoms. The molecule has 2 aromatic carbocycles. The predicted octanol–water partition coefficient (Wildman–Crippen LogP) is 3.04. The maximum Gasteiger partial charge on any atom is 0.254 e. The Labute approximate surface area is 142 Å². The Balaban J connectivity index is 1.84. The van der Waals surface area contributed by atoms with Gasteiger partial charge in [0.1, 0.15) is 0 Å². The van der Waals surface area contributed by atoms with E-state index in [1.165, 1.54) is 0 Å². The molecule has 1 amide bonds. The van der Waals surface area contributed by atoms with Gasteiger partial charge in [-0.3, -0.25) is 9.52 Å². The lowest BCUT2D eigenvalue weighted by molar-refractivity contribution is 0.0735. The van der Waals surface area contributed by atoms with E-state index in [9.17, 15) is 13.2 Å². The van der Waals surface area contributed by atoms with Crippen molar-refractivity contribution in [2.24, 2.45) is 0 Å². The van der Waals surface area contributed by atoms with Crippen LogP contribution in [-0.4, -0.2) is 32.0 Å². The molecule has 2 aromatic rings. The van der Waals surface area contributed by atoms with Gasteiger partial charge in [-0.25, -0.2) is 8.42 Å². The summed E-state index contributed by atoms with van der Waals surface area (Å²) in [6.45, 7) is 0.710. The topological polar surface area (TPSA) is 66.5 Å². The lowest BCUT2D eigenvalue weighted by Crippen LogP contribution is -2.30. The van der Waals surface area contributed by atoms with Crippen LogP contribution in [0.5, 0.6) is 0 Å². The smallest absolute Gasteiger partial charge is 0.254 e. The standard InChI is InChI=1S/C18H20N2O3S/c1-24(22,23)19-16-10-5-9-15(13-16)18(21)20-12-6-11-17(20)14-7-3-2-4-8-14/h2-5,7-10,13,17,19H,6,11-12H2,1H3/t17-/m0/s1. The zero-order valence-corrected chi connectivity index (χ0v) is 14.3. The van der Waals surface area contributed by atoms with Crippen LogP contribution in [0.4, 0.5) is 5.69 Å². The molecular weight excluding hydrogens is 324 g/mol. The van der Waals surface area contributed by atoms with Crippen LogP contribution in [0.1, 0.15) is 34.8 Å². The Kier molecular flexibility index (Phi) is 4.57. The van der Waals surface area contributed by atoms with E-state index >= 15 is 0 Å². The Morgan fingerprint density at radius 1 is 1.12 bits per heavy atom. The fourth-order valence-corrected chi connectivity index (χ4v) is 3.68. The number of carbonyl (C=O) groups excluding carboxylic acids is 1. The average Bonchev–Trinajstić information content (AvgIpc) is 3.03. The molecule has 0 aromatic heterocycles. The first-order valence-electron chi connectivity index (χ1n) is 7.88. The number of nitrogens with one attached hydrogen (secondary N) is 1. The molecule has 1 heterocycles. The second kappa shape index (κ2) is 6.65. The highest BCUT2D eigenvalue weighted by atomic mass is 32.2. The minimum Gasteiger partial charge on any atom is -0.332 e. The summed E-state index contributed by atoms with van der Waals surface area (Å²) in [5, 5.41) is 0. The van der Waals surface area contributed by atoms with Gasteiger partial charge in [0, 0.05) is 17.8 Å². The van der Waals surface area contributed by atoms with Crippen LogP contribution in [0, 0.1) is 0 Å². The minimum atomic E-state index is -3.37. The van der Waals surface area contributed by atoms with Gasteiger partial charge >= 0.3 is 0 Å². The van der Waals surface area contributed by atoms with Crippen LogP contribution in [0.15, 0.2) is 54.6 Å². The molecule has 1 aliphatic heterocycles. The Morgan fingerprint density at radius 2 is 1.88 bits per heavy atom. The highest BCUT2D eigenvalue weighted by Gasteiger charge is 2.30. The molecular formula is C18H20N2O3S. The van der Waals surface area contributed by atoms with Crippen molar-refractivity contribution in [2.75, 3.05) is 17.5 Å². The second-order valence-corrected chi connectivity index (χ2v) is 7.77. The molecule has 1 atom stereocenters. The lowest BCUT2D eigenvalue weighted by atomic mass is 10.0. The molecule has 1 aliphatic rings. The quantitative estimate of drug-likeness (QED) is 0.927. The third kappa shape index (κ3) is 3.76. The van der Waals surface area contributed by atoms with E-state index < -0.39 is 10.0 Å². The van der Waals surface area contributed by atoms with Crippen molar-refractivity contribution in [1.29, 1.82) is 0 Å². The summed E-state index contributed by atoms with van der Waals surface area (Å²) in [6.07, 6.45) is 3.00. The number of hydrogen-bond donors (Lipinski definition) is 1. The third-order valence-electron chi connectivity index (χ3n) is 4.11. The zero-order chi connectivity index (χ0) is 17.2.